The van der Waals surface area contributed by atoms with E-state index in [9.17, 15) is 4.79 Å². The molecular formula is C14H23ClO2Si. The van der Waals surface area contributed by atoms with Crippen molar-refractivity contribution in [1.82, 2.24) is 0 Å². The fraction of sp³-hybridized carbons (Fsp3) is 0.643. The van der Waals surface area contributed by atoms with Crippen LogP contribution < -0.4 is 0 Å². The molecule has 0 heterocycles. The summed E-state index contributed by atoms with van der Waals surface area (Å²) >= 11 is 5.81. The van der Waals surface area contributed by atoms with Crippen LogP contribution in [0.4, 0.5) is 0 Å². The van der Waals surface area contributed by atoms with Crippen molar-refractivity contribution in [2.75, 3.05) is 13.0 Å². The molecule has 0 aliphatic heterocycles. The summed E-state index contributed by atoms with van der Waals surface area (Å²) in [6, 6.07) is 0. The average molecular weight is 287 g/mol. The van der Waals surface area contributed by atoms with Crippen molar-refractivity contribution in [2.45, 2.75) is 38.9 Å². The highest BCUT2D eigenvalue weighted by Gasteiger charge is 2.45. The second-order valence-corrected chi connectivity index (χ2v) is 11.2. The van der Waals surface area contributed by atoms with Gasteiger partial charge in [-0.3, -0.25) is 4.79 Å². The van der Waals surface area contributed by atoms with E-state index in [0.717, 1.165) is 19.3 Å². The molecule has 0 saturated heterocycles. The molecule has 1 rings (SSSR count). The number of methoxy groups -OCH3 is 1. The predicted molar refractivity (Wildman–Crippen MR) is 79.6 cm³/mol. The highest BCUT2D eigenvalue weighted by molar-refractivity contribution is 6.83. The number of halogens is 1. The van der Waals surface area contributed by atoms with Crippen LogP contribution in [0, 0.1) is 5.41 Å². The van der Waals surface area contributed by atoms with Gasteiger partial charge in [-0.15, -0.1) is 11.6 Å². The van der Waals surface area contributed by atoms with Crippen LogP contribution in [0.3, 0.4) is 0 Å². The van der Waals surface area contributed by atoms with Crippen LogP contribution in [0.1, 0.15) is 19.3 Å². The number of esters is 1. The SMILES string of the molecule is COC(=O)C1(CCCCl)C=CCC=C1[Si](C)(C)C. The van der Waals surface area contributed by atoms with Crippen molar-refractivity contribution in [3.8, 4) is 0 Å². The van der Waals surface area contributed by atoms with Gasteiger partial charge >= 0.3 is 5.97 Å². The molecule has 0 spiro atoms. The van der Waals surface area contributed by atoms with Gasteiger partial charge in [-0.2, -0.15) is 0 Å². The molecule has 0 fully saturated rings. The summed E-state index contributed by atoms with van der Waals surface area (Å²) in [5.74, 6) is 0.434. The molecule has 0 aromatic heterocycles. The van der Waals surface area contributed by atoms with E-state index < -0.39 is 13.5 Å². The lowest BCUT2D eigenvalue weighted by Crippen LogP contribution is -2.43. The van der Waals surface area contributed by atoms with Gasteiger partial charge in [0.05, 0.1) is 15.2 Å². The van der Waals surface area contributed by atoms with E-state index in [2.05, 4.69) is 31.8 Å². The Morgan fingerprint density at radius 1 is 1.50 bits per heavy atom. The van der Waals surface area contributed by atoms with Gasteiger partial charge in [-0.1, -0.05) is 43.1 Å². The first-order chi connectivity index (χ1) is 8.38. The van der Waals surface area contributed by atoms with Crippen LogP contribution in [-0.2, 0) is 9.53 Å². The standard InChI is InChI=1S/C14H23ClO2Si/c1-17-13(16)14(10-7-11-15)9-6-5-8-12(14)18(2,3)4/h6,8-9H,5,7,10-11H2,1-4H3. The lowest BCUT2D eigenvalue weighted by atomic mass is 9.79. The molecule has 0 saturated carbocycles. The third-order valence-corrected chi connectivity index (χ3v) is 5.94. The zero-order valence-corrected chi connectivity index (χ0v) is 13.5. The second-order valence-electron chi connectivity index (χ2n) is 5.76. The zero-order valence-electron chi connectivity index (χ0n) is 11.8. The van der Waals surface area contributed by atoms with Crippen molar-refractivity contribution in [3.05, 3.63) is 23.4 Å². The topological polar surface area (TPSA) is 26.3 Å². The maximum atomic E-state index is 12.3. The summed E-state index contributed by atoms with van der Waals surface area (Å²) < 4.78 is 5.06. The lowest BCUT2D eigenvalue weighted by Gasteiger charge is -2.39. The van der Waals surface area contributed by atoms with Gasteiger partial charge in [0.2, 0.25) is 0 Å². The largest absolute Gasteiger partial charge is 0.468 e. The molecule has 0 aromatic carbocycles. The van der Waals surface area contributed by atoms with E-state index in [1.165, 1.54) is 12.3 Å². The van der Waals surface area contributed by atoms with Gasteiger partial charge < -0.3 is 4.74 Å². The Morgan fingerprint density at radius 2 is 2.17 bits per heavy atom. The normalized spacial score (nSPS) is 23.7. The Kier molecular flexibility index (Phi) is 5.23. The molecule has 0 amide bonds. The van der Waals surface area contributed by atoms with E-state index in [-0.39, 0.29) is 5.97 Å². The van der Waals surface area contributed by atoms with Gasteiger partial charge in [-0.05, 0) is 19.3 Å². The maximum Gasteiger partial charge on any atom is 0.319 e. The molecule has 1 aliphatic carbocycles. The Labute approximate surface area is 116 Å². The average Bonchev–Trinajstić information content (AvgIpc) is 2.34. The Hall–Kier alpha value is -0.543. The first-order valence-electron chi connectivity index (χ1n) is 6.41. The number of rotatable bonds is 5. The molecular weight excluding hydrogens is 264 g/mol. The predicted octanol–water partition coefficient (Wildman–Crippen LogP) is 3.93. The smallest absolute Gasteiger partial charge is 0.319 e. The van der Waals surface area contributed by atoms with E-state index in [4.69, 9.17) is 16.3 Å². The van der Waals surface area contributed by atoms with E-state index in [0.29, 0.717) is 5.88 Å². The molecule has 102 valence electrons. The minimum absolute atomic E-state index is 0.141. The minimum Gasteiger partial charge on any atom is -0.468 e. The molecule has 0 N–H and O–H groups in total. The van der Waals surface area contributed by atoms with Gasteiger partial charge in [0.15, 0.2) is 0 Å². The number of allylic oxidation sites excluding steroid dienone is 2. The fourth-order valence-corrected chi connectivity index (χ4v) is 5.24. The number of hydrogen-bond acceptors (Lipinski definition) is 2. The maximum absolute atomic E-state index is 12.3. The number of alkyl halides is 1. The van der Waals surface area contributed by atoms with Crippen LogP contribution in [0.25, 0.3) is 0 Å². The molecule has 4 heteroatoms. The molecule has 1 aliphatic rings. The van der Waals surface area contributed by atoms with Crippen molar-refractivity contribution in [3.63, 3.8) is 0 Å². The van der Waals surface area contributed by atoms with Crippen LogP contribution >= 0.6 is 11.6 Å². The fourth-order valence-electron chi connectivity index (χ4n) is 2.73. The summed E-state index contributed by atoms with van der Waals surface area (Å²) in [5.41, 5.74) is -0.563. The van der Waals surface area contributed by atoms with Gasteiger partial charge in [0.25, 0.3) is 0 Å². The molecule has 0 bridgehead atoms. The number of carbonyl (C=O) groups is 1. The van der Waals surface area contributed by atoms with E-state index in [1.54, 1.807) is 0 Å². The molecule has 1 unspecified atom stereocenters. The summed E-state index contributed by atoms with van der Waals surface area (Å²) in [4.78, 5) is 12.3. The van der Waals surface area contributed by atoms with Gasteiger partial charge in [-0.25, -0.2) is 0 Å². The Bertz CT molecular complexity index is 368. The summed E-state index contributed by atoms with van der Waals surface area (Å²) in [7, 11) is -0.0876. The number of ether oxygens (including phenoxy) is 1. The quantitative estimate of drug-likeness (QED) is 0.331. The third-order valence-electron chi connectivity index (χ3n) is 3.40. The number of hydrogen-bond donors (Lipinski definition) is 0. The summed E-state index contributed by atoms with van der Waals surface area (Å²) in [6.45, 7) is 6.82. The van der Waals surface area contributed by atoms with Crippen molar-refractivity contribution < 1.29 is 9.53 Å². The van der Waals surface area contributed by atoms with Crippen LogP contribution in [0.5, 0.6) is 0 Å². The molecule has 18 heavy (non-hydrogen) atoms. The first-order valence-corrected chi connectivity index (χ1v) is 10.4. The lowest BCUT2D eigenvalue weighted by molar-refractivity contribution is -0.148. The van der Waals surface area contributed by atoms with Gasteiger partial charge in [0, 0.05) is 5.88 Å². The molecule has 0 radical (unpaired) electrons. The van der Waals surface area contributed by atoms with E-state index >= 15 is 0 Å². The Morgan fingerprint density at radius 3 is 2.67 bits per heavy atom. The van der Waals surface area contributed by atoms with Crippen molar-refractivity contribution in [1.29, 1.82) is 0 Å². The van der Waals surface area contributed by atoms with Crippen LogP contribution in [0.2, 0.25) is 19.6 Å². The first kappa shape index (κ1) is 15.5. The summed E-state index contributed by atoms with van der Waals surface area (Å²) in [5, 5.41) is 1.29. The third kappa shape index (κ3) is 3.07. The highest BCUT2D eigenvalue weighted by atomic mass is 35.5. The number of carbonyl (C=O) groups excluding carboxylic acids is 1. The molecule has 0 aromatic rings. The van der Waals surface area contributed by atoms with E-state index in [1.807, 2.05) is 6.08 Å². The summed E-state index contributed by atoms with van der Waals surface area (Å²) in [6.07, 6.45) is 8.81. The van der Waals surface area contributed by atoms with Crippen molar-refractivity contribution >= 4 is 25.6 Å². The van der Waals surface area contributed by atoms with Crippen LogP contribution in [0.15, 0.2) is 23.4 Å². The Balaban J connectivity index is 3.20. The van der Waals surface area contributed by atoms with Crippen molar-refractivity contribution in [2.24, 2.45) is 5.41 Å². The molecule has 1 atom stereocenters. The second kappa shape index (κ2) is 6.07. The monoisotopic (exact) mass is 286 g/mol. The van der Waals surface area contributed by atoms with Gasteiger partial charge in [0.1, 0.15) is 5.41 Å². The zero-order chi connectivity index (χ0) is 13.8. The van der Waals surface area contributed by atoms with Crippen LogP contribution in [-0.4, -0.2) is 27.0 Å². The minimum atomic E-state index is -1.55. The highest BCUT2D eigenvalue weighted by Crippen LogP contribution is 2.43. The molecule has 2 nitrogen and oxygen atoms in total.